The maximum Gasteiger partial charge on any atom is 0.427 e. The summed E-state index contributed by atoms with van der Waals surface area (Å²) >= 11 is 13.4. The molecule has 38 heavy (non-hydrogen) atoms. The molecule has 15 heteroatoms. The lowest BCUT2D eigenvalue weighted by Gasteiger charge is -2.19. The third-order valence-corrected chi connectivity index (χ3v) is 8.58. The molecule has 0 saturated carbocycles. The van der Waals surface area contributed by atoms with Crippen LogP contribution in [0.4, 0.5) is 15.0 Å². The molecule has 1 aromatic carbocycles. The summed E-state index contributed by atoms with van der Waals surface area (Å²) in [4.78, 5) is 19.4. The topological polar surface area (TPSA) is 128 Å². The average Bonchev–Trinajstić information content (AvgIpc) is 3.46. The minimum Gasteiger partial charge on any atom is -0.464 e. The smallest absolute Gasteiger partial charge is 0.427 e. The van der Waals surface area contributed by atoms with Crippen LogP contribution >= 0.6 is 34.5 Å². The predicted molar refractivity (Wildman–Crippen MR) is 141 cm³/mol. The third kappa shape index (κ3) is 5.32. The average molecular weight is 600 g/mol. The lowest BCUT2D eigenvalue weighted by atomic mass is 9.98. The summed E-state index contributed by atoms with van der Waals surface area (Å²) in [5.41, 5.74) is 0.351. The van der Waals surface area contributed by atoms with Crippen molar-refractivity contribution in [1.82, 2.24) is 19.7 Å². The van der Waals surface area contributed by atoms with E-state index in [0.717, 1.165) is 23.5 Å². The Morgan fingerprint density at radius 2 is 1.87 bits per heavy atom. The van der Waals surface area contributed by atoms with Gasteiger partial charge in [-0.25, -0.2) is 27.6 Å². The highest BCUT2D eigenvalue weighted by Gasteiger charge is 2.36. The van der Waals surface area contributed by atoms with E-state index in [-0.39, 0.29) is 37.5 Å². The molecule has 0 radical (unpaired) electrons. The highest BCUT2D eigenvalue weighted by atomic mass is 35.5. The summed E-state index contributed by atoms with van der Waals surface area (Å²) in [7, 11) is -3.29. The monoisotopic (exact) mass is 599 g/mol. The first kappa shape index (κ1) is 27.8. The van der Waals surface area contributed by atoms with E-state index in [1.165, 1.54) is 28.4 Å². The van der Waals surface area contributed by atoms with Gasteiger partial charge >= 0.3 is 6.09 Å². The van der Waals surface area contributed by atoms with Gasteiger partial charge in [0, 0.05) is 30.1 Å². The van der Waals surface area contributed by atoms with Crippen LogP contribution < -0.4 is 9.04 Å². The van der Waals surface area contributed by atoms with Gasteiger partial charge in [0.25, 0.3) is 10.0 Å². The van der Waals surface area contributed by atoms with E-state index in [2.05, 4.69) is 15.1 Å². The number of sulfonamides is 1. The van der Waals surface area contributed by atoms with Gasteiger partial charge in [-0.05, 0) is 24.3 Å². The number of carbonyl (C=O) groups is 1. The SMILES string of the molecule is Cn1nccc1-c1nc(Cl)ccc1Oc1cc(F)c(S(=O)(=O)N(C(=O)O)c2csc(C(C)(C)C)n2)cc1Cl. The number of rotatable bonds is 6. The molecule has 4 rings (SSSR count). The maximum absolute atomic E-state index is 15.3. The van der Waals surface area contributed by atoms with E-state index >= 15 is 4.39 Å². The molecule has 0 spiro atoms. The summed E-state index contributed by atoms with van der Waals surface area (Å²) in [6.45, 7) is 5.51. The van der Waals surface area contributed by atoms with Crippen LogP contribution in [-0.4, -0.2) is 39.4 Å². The second kappa shape index (κ2) is 10.1. The lowest BCUT2D eigenvalue weighted by molar-refractivity contribution is 0.206. The van der Waals surface area contributed by atoms with Crippen LogP contribution in [0.25, 0.3) is 11.4 Å². The van der Waals surface area contributed by atoms with E-state index in [9.17, 15) is 18.3 Å². The zero-order valence-corrected chi connectivity index (χ0v) is 23.5. The number of pyridine rings is 1. The molecule has 0 aliphatic rings. The van der Waals surface area contributed by atoms with E-state index in [4.69, 9.17) is 27.9 Å². The zero-order valence-electron chi connectivity index (χ0n) is 20.3. The number of nitrogens with zero attached hydrogens (tertiary/aromatic N) is 5. The van der Waals surface area contributed by atoms with Crippen LogP contribution in [0.15, 0.2) is 46.8 Å². The number of carboxylic acid groups (broad SMARTS) is 1. The molecular weight excluding hydrogens is 580 g/mol. The first-order valence-corrected chi connectivity index (χ1v) is 13.8. The van der Waals surface area contributed by atoms with E-state index in [1.807, 2.05) is 20.8 Å². The van der Waals surface area contributed by atoms with Gasteiger partial charge in [-0.15, -0.1) is 15.6 Å². The Bertz CT molecular complexity index is 1650. The molecule has 0 saturated heterocycles. The molecule has 3 aromatic heterocycles. The number of benzene rings is 1. The summed E-state index contributed by atoms with van der Waals surface area (Å²) in [6.07, 6.45) is -0.325. The van der Waals surface area contributed by atoms with Gasteiger partial charge in [-0.2, -0.15) is 5.10 Å². The van der Waals surface area contributed by atoms with Crippen LogP contribution in [0.3, 0.4) is 0 Å². The van der Waals surface area contributed by atoms with Crippen molar-refractivity contribution in [3.05, 3.63) is 62.9 Å². The normalized spacial score (nSPS) is 12.0. The molecule has 10 nitrogen and oxygen atoms in total. The maximum atomic E-state index is 15.3. The van der Waals surface area contributed by atoms with Crippen molar-refractivity contribution in [2.45, 2.75) is 31.1 Å². The number of aryl methyl sites for hydroxylation is 1. The Kier molecular flexibility index (Phi) is 7.40. The van der Waals surface area contributed by atoms with E-state index in [1.54, 1.807) is 13.1 Å². The third-order valence-electron chi connectivity index (χ3n) is 5.13. The summed E-state index contributed by atoms with van der Waals surface area (Å²) in [6, 6.07) is 6.12. The Balaban J connectivity index is 1.74. The second-order valence-corrected chi connectivity index (χ2v) is 12.4. The molecular formula is C23H20Cl2FN5O5S2. The molecule has 4 aromatic rings. The Labute approximate surface area is 231 Å². The van der Waals surface area contributed by atoms with E-state index < -0.39 is 32.2 Å². The first-order chi connectivity index (χ1) is 17.7. The molecule has 0 fully saturated rings. The van der Waals surface area contributed by atoms with Crippen molar-refractivity contribution >= 4 is 56.5 Å². The Morgan fingerprint density at radius 1 is 1.16 bits per heavy atom. The lowest BCUT2D eigenvalue weighted by Crippen LogP contribution is -2.36. The largest absolute Gasteiger partial charge is 0.464 e. The number of hydrogen-bond acceptors (Lipinski definition) is 8. The molecule has 1 N–H and O–H groups in total. The quantitative estimate of drug-likeness (QED) is 0.254. The number of aromatic nitrogens is 4. The van der Waals surface area contributed by atoms with Gasteiger partial charge in [0.05, 0.1) is 10.7 Å². The number of anilines is 1. The van der Waals surface area contributed by atoms with Gasteiger partial charge in [-0.3, -0.25) is 4.68 Å². The fourth-order valence-electron chi connectivity index (χ4n) is 3.32. The summed E-state index contributed by atoms with van der Waals surface area (Å²) in [5, 5.41) is 15.4. The number of amides is 1. The van der Waals surface area contributed by atoms with Crippen LogP contribution in [-0.2, 0) is 22.5 Å². The molecule has 1 amide bonds. The zero-order chi connectivity index (χ0) is 28.0. The molecule has 200 valence electrons. The Hall–Kier alpha value is -3.26. The Morgan fingerprint density at radius 3 is 2.45 bits per heavy atom. The minimum absolute atomic E-state index is 0.0115. The van der Waals surface area contributed by atoms with Crippen molar-refractivity contribution in [2.24, 2.45) is 7.05 Å². The highest BCUT2D eigenvalue weighted by Crippen LogP contribution is 2.39. The van der Waals surface area contributed by atoms with Gasteiger partial charge in [0.2, 0.25) is 0 Å². The molecule has 0 aliphatic carbocycles. The van der Waals surface area contributed by atoms with Crippen molar-refractivity contribution in [3.63, 3.8) is 0 Å². The molecule has 0 atom stereocenters. The predicted octanol–water partition coefficient (Wildman–Crippen LogP) is 6.35. The fraction of sp³-hybridized carbons (Fsp3) is 0.217. The summed E-state index contributed by atoms with van der Waals surface area (Å²) < 4.78 is 49.2. The van der Waals surface area contributed by atoms with Gasteiger partial charge in [-0.1, -0.05) is 44.0 Å². The van der Waals surface area contributed by atoms with Crippen molar-refractivity contribution in [2.75, 3.05) is 4.31 Å². The number of ether oxygens (including phenoxy) is 1. The number of halogens is 3. The first-order valence-electron chi connectivity index (χ1n) is 10.8. The molecule has 0 aliphatic heterocycles. The molecule has 0 unspecified atom stereocenters. The minimum atomic E-state index is -4.96. The van der Waals surface area contributed by atoms with Gasteiger partial charge in [0.15, 0.2) is 11.6 Å². The van der Waals surface area contributed by atoms with Crippen LogP contribution in [0.2, 0.25) is 10.2 Å². The van der Waals surface area contributed by atoms with Crippen LogP contribution in [0, 0.1) is 5.82 Å². The second-order valence-electron chi connectivity index (χ2n) is 8.95. The standard InChI is InChI=1S/C23H20Cl2FN5O5S2/c1-23(2,3)21-29-19(11-37-21)31(22(32)33)38(34,35)17-9-12(24)16(10-13(17)26)36-15-5-6-18(25)28-20(15)14-7-8-27-30(14)4/h5-11H,1-4H3,(H,32,33). The van der Waals surface area contributed by atoms with Crippen molar-refractivity contribution in [1.29, 1.82) is 0 Å². The van der Waals surface area contributed by atoms with E-state index in [0.29, 0.717) is 10.7 Å². The van der Waals surface area contributed by atoms with Crippen LogP contribution in [0.5, 0.6) is 11.5 Å². The molecule has 0 bridgehead atoms. The van der Waals surface area contributed by atoms with Crippen molar-refractivity contribution in [3.8, 4) is 22.9 Å². The molecule has 3 heterocycles. The highest BCUT2D eigenvalue weighted by molar-refractivity contribution is 7.93. The van der Waals surface area contributed by atoms with Crippen LogP contribution in [0.1, 0.15) is 25.8 Å². The van der Waals surface area contributed by atoms with Gasteiger partial charge < -0.3 is 9.84 Å². The van der Waals surface area contributed by atoms with Gasteiger partial charge in [0.1, 0.15) is 32.3 Å². The number of hydrogen-bond donors (Lipinski definition) is 1. The summed E-state index contributed by atoms with van der Waals surface area (Å²) in [5.74, 6) is -1.76. The number of thiazole rings is 1. The fourth-order valence-corrected chi connectivity index (χ4v) is 5.99. The van der Waals surface area contributed by atoms with Crippen molar-refractivity contribution < 1.29 is 27.4 Å².